The highest BCUT2D eigenvalue weighted by molar-refractivity contribution is 6.46. The average molecular weight is 445 g/mol. The second-order valence-electron chi connectivity index (χ2n) is 5.92. The third-order valence-corrected chi connectivity index (χ3v) is 5.33. The van der Waals surface area contributed by atoms with Gasteiger partial charge in [0.2, 0.25) is 0 Å². The summed E-state index contributed by atoms with van der Waals surface area (Å²) in [5.74, 6) is -0.368. The summed E-state index contributed by atoms with van der Waals surface area (Å²) in [6.45, 7) is 1.80. The molecule has 0 unspecified atom stereocenters. The Morgan fingerprint density at radius 1 is 1.11 bits per heavy atom. The molecule has 3 heterocycles. The summed E-state index contributed by atoms with van der Waals surface area (Å²) in [7, 11) is 0. The highest BCUT2D eigenvalue weighted by atomic mass is 35.5. The number of esters is 1. The monoisotopic (exact) mass is 443 g/mol. The summed E-state index contributed by atoms with van der Waals surface area (Å²) in [5.41, 5.74) is 5.31. The van der Waals surface area contributed by atoms with E-state index in [4.69, 9.17) is 45.3 Å². The molecule has 0 aliphatic carbocycles. The number of nitrogens with two attached hydrogens (primary N) is 1. The van der Waals surface area contributed by atoms with Crippen molar-refractivity contribution >= 4 is 58.2 Å². The molecule has 2 aromatic heterocycles. The number of hydrogen-bond acceptors (Lipinski definition) is 7. The average Bonchev–Trinajstić information content (AvgIpc) is 2.73. The van der Waals surface area contributed by atoms with Gasteiger partial charge in [-0.25, -0.2) is 14.8 Å². The zero-order valence-corrected chi connectivity index (χ0v) is 16.8. The van der Waals surface area contributed by atoms with Crippen LogP contribution in [-0.4, -0.2) is 59.5 Å². The first-order chi connectivity index (χ1) is 13.4. The molecule has 2 N–H and O–H groups in total. The minimum absolute atomic E-state index is 0.0509. The molecule has 1 saturated heterocycles. The topological polar surface area (TPSA) is 102 Å². The van der Waals surface area contributed by atoms with Crippen LogP contribution in [-0.2, 0) is 9.53 Å². The zero-order valence-electron chi connectivity index (χ0n) is 14.6. The fourth-order valence-electron chi connectivity index (χ4n) is 2.68. The Labute approximate surface area is 176 Å². The van der Waals surface area contributed by atoms with Crippen molar-refractivity contribution in [2.45, 2.75) is 0 Å². The number of aromatic nitrogens is 2. The maximum Gasteiger partial charge on any atom is 0.359 e. The Balaban J connectivity index is 1.54. The number of amides is 1. The molecular formula is C17H16Cl3N5O3. The van der Waals surface area contributed by atoms with E-state index >= 15 is 0 Å². The van der Waals surface area contributed by atoms with E-state index in [1.165, 1.54) is 0 Å². The van der Waals surface area contributed by atoms with Crippen molar-refractivity contribution in [2.75, 3.05) is 43.4 Å². The molecule has 1 aliphatic rings. The maximum absolute atomic E-state index is 12.3. The van der Waals surface area contributed by atoms with Gasteiger partial charge in [-0.05, 0) is 12.1 Å². The summed E-state index contributed by atoms with van der Waals surface area (Å²) in [6.07, 6.45) is 1.72. The van der Waals surface area contributed by atoms with Crippen molar-refractivity contribution in [1.29, 1.82) is 0 Å². The minimum Gasteiger partial charge on any atom is -0.451 e. The van der Waals surface area contributed by atoms with E-state index < -0.39 is 12.6 Å². The number of pyridine rings is 2. The highest BCUT2D eigenvalue weighted by Gasteiger charge is 2.25. The number of halogens is 3. The Hall–Kier alpha value is -2.29. The molecule has 1 amide bonds. The number of piperazine rings is 1. The van der Waals surface area contributed by atoms with Crippen LogP contribution in [0.4, 0.5) is 11.5 Å². The van der Waals surface area contributed by atoms with E-state index in [1.807, 2.05) is 18.2 Å². The summed E-state index contributed by atoms with van der Waals surface area (Å²) in [5, 5.41) is -0.395. The van der Waals surface area contributed by atoms with Gasteiger partial charge in [-0.1, -0.05) is 40.9 Å². The van der Waals surface area contributed by atoms with Gasteiger partial charge in [0.05, 0.1) is 10.7 Å². The van der Waals surface area contributed by atoms with Crippen molar-refractivity contribution < 1.29 is 14.3 Å². The first kappa shape index (κ1) is 20.4. The summed E-state index contributed by atoms with van der Waals surface area (Å²) < 4.78 is 5.02. The van der Waals surface area contributed by atoms with Gasteiger partial charge in [0.25, 0.3) is 5.91 Å². The van der Waals surface area contributed by atoms with Gasteiger partial charge in [-0.3, -0.25) is 4.79 Å². The van der Waals surface area contributed by atoms with Gasteiger partial charge in [-0.2, -0.15) is 0 Å². The van der Waals surface area contributed by atoms with E-state index in [9.17, 15) is 9.59 Å². The molecule has 2 aromatic rings. The van der Waals surface area contributed by atoms with Gasteiger partial charge in [0, 0.05) is 32.4 Å². The van der Waals surface area contributed by atoms with E-state index in [2.05, 4.69) is 14.9 Å². The Kier molecular flexibility index (Phi) is 6.43. The molecule has 148 valence electrons. The van der Waals surface area contributed by atoms with Crippen molar-refractivity contribution in [3.8, 4) is 0 Å². The quantitative estimate of drug-likeness (QED) is 0.571. The largest absolute Gasteiger partial charge is 0.451 e. The summed E-state index contributed by atoms with van der Waals surface area (Å²) in [6, 6.07) is 5.67. The number of nitrogen functional groups attached to an aromatic ring is 1. The molecule has 28 heavy (non-hydrogen) atoms. The molecule has 0 saturated carbocycles. The molecule has 0 bridgehead atoms. The van der Waals surface area contributed by atoms with Crippen molar-refractivity contribution in [3.63, 3.8) is 0 Å². The lowest BCUT2D eigenvalue weighted by Gasteiger charge is -2.35. The Bertz CT molecular complexity index is 889. The molecule has 0 spiro atoms. The van der Waals surface area contributed by atoms with E-state index in [1.54, 1.807) is 11.1 Å². The molecule has 0 atom stereocenters. The minimum atomic E-state index is -0.907. The third-order valence-electron chi connectivity index (χ3n) is 4.20. The fraction of sp³-hybridized carbons (Fsp3) is 0.294. The van der Waals surface area contributed by atoms with Crippen LogP contribution >= 0.6 is 34.8 Å². The van der Waals surface area contributed by atoms with E-state index in [0.717, 1.165) is 5.82 Å². The Morgan fingerprint density at radius 2 is 1.82 bits per heavy atom. The highest BCUT2D eigenvalue weighted by Crippen LogP contribution is 2.34. The predicted octanol–water partition coefficient (Wildman–Crippen LogP) is 2.52. The molecule has 0 aromatic carbocycles. The van der Waals surface area contributed by atoms with Crippen LogP contribution < -0.4 is 10.6 Å². The van der Waals surface area contributed by atoms with Gasteiger partial charge in [-0.15, -0.1) is 0 Å². The molecule has 1 fully saturated rings. The maximum atomic E-state index is 12.3. The SMILES string of the molecule is Nc1c(Cl)c(Cl)nc(C(=O)OCC(=O)N2CCN(c3ccccn3)CC2)c1Cl. The van der Waals surface area contributed by atoms with Crippen LogP contribution in [0.25, 0.3) is 0 Å². The van der Waals surface area contributed by atoms with Crippen LogP contribution in [0.3, 0.4) is 0 Å². The molecule has 8 nitrogen and oxygen atoms in total. The van der Waals surface area contributed by atoms with Gasteiger partial charge < -0.3 is 20.3 Å². The van der Waals surface area contributed by atoms with Crippen LogP contribution in [0.5, 0.6) is 0 Å². The van der Waals surface area contributed by atoms with Crippen LogP contribution in [0.15, 0.2) is 24.4 Å². The lowest BCUT2D eigenvalue weighted by atomic mass is 10.3. The van der Waals surface area contributed by atoms with Crippen molar-refractivity contribution in [1.82, 2.24) is 14.9 Å². The van der Waals surface area contributed by atoms with Gasteiger partial charge in [0.1, 0.15) is 10.8 Å². The van der Waals surface area contributed by atoms with Crippen molar-refractivity contribution in [3.05, 3.63) is 45.3 Å². The number of nitrogens with zero attached hydrogens (tertiary/aromatic N) is 4. The second-order valence-corrected chi connectivity index (χ2v) is 7.04. The summed E-state index contributed by atoms with van der Waals surface area (Å²) in [4.78, 5) is 36.3. The first-order valence-electron chi connectivity index (χ1n) is 8.29. The molecule has 0 radical (unpaired) electrons. The van der Waals surface area contributed by atoms with Crippen molar-refractivity contribution in [2.24, 2.45) is 0 Å². The number of ether oxygens (including phenoxy) is 1. The number of carbonyl (C=O) groups is 2. The second kappa shape index (κ2) is 8.81. The van der Waals surface area contributed by atoms with Crippen LogP contribution in [0.2, 0.25) is 15.2 Å². The van der Waals surface area contributed by atoms with E-state index in [-0.39, 0.29) is 32.5 Å². The molecule has 1 aliphatic heterocycles. The standard InChI is InChI=1S/C17H16Cl3N5O3/c18-12-14(21)13(19)16(20)23-15(12)17(27)28-9-11(26)25-7-5-24(6-8-25)10-3-1-2-4-22-10/h1-4H,5-9H2,(H2,21,23). The van der Waals surface area contributed by atoms with Crippen LogP contribution in [0.1, 0.15) is 10.5 Å². The summed E-state index contributed by atoms with van der Waals surface area (Å²) >= 11 is 17.6. The zero-order chi connectivity index (χ0) is 20.3. The van der Waals surface area contributed by atoms with Crippen LogP contribution in [0, 0.1) is 0 Å². The normalized spacial score (nSPS) is 14.1. The third kappa shape index (κ3) is 4.40. The molecule has 3 rings (SSSR count). The fourth-order valence-corrected chi connectivity index (χ4v) is 3.26. The molecular weight excluding hydrogens is 429 g/mol. The van der Waals surface area contributed by atoms with E-state index in [0.29, 0.717) is 26.2 Å². The lowest BCUT2D eigenvalue weighted by molar-refractivity contribution is -0.134. The predicted molar refractivity (Wildman–Crippen MR) is 107 cm³/mol. The smallest absolute Gasteiger partial charge is 0.359 e. The number of anilines is 2. The number of hydrogen-bond donors (Lipinski definition) is 1. The Morgan fingerprint density at radius 3 is 2.46 bits per heavy atom. The first-order valence-corrected chi connectivity index (χ1v) is 9.42. The van der Waals surface area contributed by atoms with Gasteiger partial charge >= 0.3 is 5.97 Å². The number of carbonyl (C=O) groups excluding carboxylic acids is 2. The van der Waals surface area contributed by atoms with Gasteiger partial charge in [0.15, 0.2) is 17.5 Å². The number of rotatable bonds is 4. The molecule has 11 heteroatoms. The lowest BCUT2D eigenvalue weighted by Crippen LogP contribution is -2.50.